The molecule has 0 unspecified atom stereocenters. The normalized spacial score (nSPS) is 17.5. The number of morpholine rings is 1. The van der Waals surface area contributed by atoms with Gasteiger partial charge in [-0.15, -0.1) is 0 Å². The number of hydrogen-bond acceptors (Lipinski definition) is 4. The monoisotopic (exact) mass is 300 g/mol. The van der Waals surface area contributed by atoms with Crippen molar-refractivity contribution < 1.29 is 19.1 Å². The Labute approximate surface area is 127 Å². The Balaban J connectivity index is 2.65. The Hall–Kier alpha value is -1.30. The molecule has 6 nitrogen and oxygen atoms in total. The van der Waals surface area contributed by atoms with Gasteiger partial charge in [-0.1, -0.05) is 13.8 Å². The van der Waals surface area contributed by atoms with Crippen molar-refractivity contribution in [2.24, 2.45) is 5.92 Å². The molecule has 1 saturated heterocycles. The molecule has 1 rings (SSSR count). The van der Waals surface area contributed by atoms with Crippen LogP contribution in [0.4, 0.5) is 4.79 Å². The van der Waals surface area contributed by atoms with Crippen LogP contribution < -0.4 is 5.32 Å². The van der Waals surface area contributed by atoms with Crippen molar-refractivity contribution in [1.82, 2.24) is 10.2 Å². The average molecular weight is 300 g/mol. The lowest BCUT2D eigenvalue weighted by Crippen LogP contribution is -2.52. The van der Waals surface area contributed by atoms with E-state index in [9.17, 15) is 9.59 Å². The number of carbonyl (C=O) groups excluding carboxylic acids is 2. The van der Waals surface area contributed by atoms with Crippen molar-refractivity contribution in [2.75, 3.05) is 26.3 Å². The summed E-state index contributed by atoms with van der Waals surface area (Å²) in [5.41, 5.74) is -0.575. The quantitative estimate of drug-likeness (QED) is 0.859. The maximum absolute atomic E-state index is 12.5. The standard InChI is InChI=1S/C15H28N2O4/c1-11(2)10-12(16-14(19)21-15(3,4)5)13(18)17-6-8-20-9-7-17/h11-12H,6-10H2,1-5H3,(H,16,19)/t12-/m0/s1. The van der Waals surface area contributed by atoms with Gasteiger partial charge in [-0.2, -0.15) is 0 Å². The molecule has 122 valence electrons. The zero-order valence-electron chi connectivity index (χ0n) is 13.8. The highest BCUT2D eigenvalue weighted by Crippen LogP contribution is 2.12. The van der Waals surface area contributed by atoms with Crippen LogP contribution in [0, 0.1) is 5.92 Å². The van der Waals surface area contributed by atoms with E-state index >= 15 is 0 Å². The number of carbonyl (C=O) groups is 2. The van der Waals surface area contributed by atoms with E-state index in [4.69, 9.17) is 9.47 Å². The van der Waals surface area contributed by atoms with Crippen LogP contribution in [0.3, 0.4) is 0 Å². The van der Waals surface area contributed by atoms with E-state index in [1.165, 1.54) is 0 Å². The number of alkyl carbamates (subject to hydrolysis) is 1. The minimum Gasteiger partial charge on any atom is -0.444 e. The van der Waals surface area contributed by atoms with Gasteiger partial charge >= 0.3 is 6.09 Å². The van der Waals surface area contributed by atoms with Crippen molar-refractivity contribution in [3.05, 3.63) is 0 Å². The van der Waals surface area contributed by atoms with Gasteiger partial charge in [0, 0.05) is 13.1 Å². The fraction of sp³-hybridized carbons (Fsp3) is 0.867. The Morgan fingerprint density at radius 3 is 2.29 bits per heavy atom. The highest BCUT2D eigenvalue weighted by molar-refractivity contribution is 5.85. The second kappa shape index (κ2) is 7.64. The van der Waals surface area contributed by atoms with E-state index in [-0.39, 0.29) is 5.91 Å². The van der Waals surface area contributed by atoms with E-state index < -0.39 is 17.7 Å². The van der Waals surface area contributed by atoms with Gasteiger partial charge in [-0.05, 0) is 33.1 Å². The smallest absolute Gasteiger partial charge is 0.408 e. The molecule has 1 atom stereocenters. The van der Waals surface area contributed by atoms with Gasteiger partial charge in [0.25, 0.3) is 0 Å². The third kappa shape index (κ3) is 6.80. The fourth-order valence-electron chi connectivity index (χ4n) is 2.15. The van der Waals surface area contributed by atoms with Crippen LogP contribution in [-0.4, -0.2) is 54.8 Å². The lowest BCUT2D eigenvalue weighted by atomic mass is 10.0. The molecule has 6 heteroatoms. The molecule has 1 fully saturated rings. The molecule has 1 aliphatic rings. The zero-order chi connectivity index (χ0) is 16.0. The van der Waals surface area contributed by atoms with Crippen molar-refractivity contribution >= 4 is 12.0 Å². The first-order chi connectivity index (χ1) is 9.69. The SMILES string of the molecule is CC(C)C[C@H](NC(=O)OC(C)(C)C)C(=O)N1CCOCC1. The van der Waals surface area contributed by atoms with Gasteiger partial charge in [-0.3, -0.25) is 4.79 Å². The molecule has 1 N–H and O–H groups in total. The van der Waals surface area contributed by atoms with Crippen molar-refractivity contribution in [3.8, 4) is 0 Å². The second-order valence-electron chi connectivity index (χ2n) is 6.77. The minimum absolute atomic E-state index is 0.0575. The number of rotatable bonds is 4. The first kappa shape index (κ1) is 17.8. The van der Waals surface area contributed by atoms with Crippen molar-refractivity contribution in [3.63, 3.8) is 0 Å². The molecule has 0 bridgehead atoms. The predicted octanol–water partition coefficient (Wildman–Crippen LogP) is 1.78. The highest BCUT2D eigenvalue weighted by atomic mass is 16.6. The summed E-state index contributed by atoms with van der Waals surface area (Å²) in [6.07, 6.45) is 0.0462. The number of hydrogen-bond donors (Lipinski definition) is 1. The van der Waals surface area contributed by atoms with Crippen LogP contribution in [0.5, 0.6) is 0 Å². The van der Waals surface area contributed by atoms with E-state index in [2.05, 4.69) is 5.32 Å². The number of ether oxygens (including phenoxy) is 2. The van der Waals surface area contributed by atoms with Crippen LogP contribution in [0.15, 0.2) is 0 Å². The second-order valence-corrected chi connectivity index (χ2v) is 6.77. The van der Waals surface area contributed by atoms with Gasteiger partial charge in [-0.25, -0.2) is 4.79 Å². The van der Waals surface area contributed by atoms with Crippen molar-refractivity contribution in [2.45, 2.75) is 52.7 Å². The number of nitrogens with one attached hydrogen (secondary N) is 1. The topological polar surface area (TPSA) is 67.9 Å². The summed E-state index contributed by atoms with van der Waals surface area (Å²) in [4.78, 5) is 26.2. The predicted molar refractivity (Wildman–Crippen MR) is 80.0 cm³/mol. The highest BCUT2D eigenvalue weighted by Gasteiger charge is 2.29. The summed E-state index contributed by atoms with van der Waals surface area (Å²) in [6.45, 7) is 11.7. The van der Waals surface area contributed by atoms with Crippen LogP contribution in [0.2, 0.25) is 0 Å². The maximum Gasteiger partial charge on any atom is 0.408 e. The Kier molecular flexibility index (Phi) is 6.45. The summed E-state index contributed by atoms with van der Waals surface area (Å²) in [7, 11) is 0. The maximum atomic E-state index is 12.5. The summed E-state index contributed by atoms with van der Waals surface area (Å²) in [5.74, 6) is 0.243. The van der Waals surface area contributed by atoms with Crippen molar-refractivity contribution in [1.29, 1.82) is 0 Å². The summed E-state index contributed by atoms with van der Waals surface area (Å²) in [6, 6.07) is -0.544. The molecule has 0 aromatic carbocycles. The molecule has 2 amide bonds. The zero-order valence-corrected chi connectivity index (χ0v) is 13.8. The molecule has 21 heavy (non-hydrogen) atoms. The fourth-order valence-corrected chi connectivity index (χ4v) is 2.15. The molecule has 1 aliphatic heterocycles. The van der Waals surface area contributed by atoms with Crippen LogP contribution >= 0.6 is 0 Å². The summed E-state index contributed by atoms with van der Waals surface area (Å²) >= 11 is 0. The third-order valence-corrected chi connectivity index (χ3v) is 3.02. The van der Waals surface area contributed by atoms with Gasteiger partial charge in [0.05, 0.1) is 13.2 Å². The number of nitrogens with zero attached hydrogens (tertiary/aromatic N) is 1. The van der Waals surface area contributed by atoms with Gasteiger partial charge < -0.3 is 19.7 Å². The molecule has 0 saturated carbocycles. The van der Waals surface area contributed by atoms with Crippen LogP contribution in [0.1, 0.15) is 41.0 Å². The minimum atomic E-state index is -0.575. The van der Waals surface area contributed by atoms with E-state index in [0.717, 1.165) is 0 Å². The lowest BCUT2D eigenvalue weighted by Gasteiger charge is -2.31. The molecule has 0 aromatic heterocycles. The van der Waals surface area contributed by atoms with Crippen LogP contribution in [-0.2, 0) is 14.3 Å². The number of amides is 2. The van der Waals surface area contributed by atoms with Crippen LogP contribution in [0.25, 0.3) is 0 Å². The summed E-state index contributed by atoms with van der Waals surface area (Å²) in [5, 5.41) is 2.71. The van der Waals surface area contributed by atoms with Gasteiger partial charge in [0.2, 0.25) is 5.91 Å². The lowest BCUT2D eigenvalue weighted by molar-refractivity contribution is -0.138. The first-order valence-electron chi connectivity index (χ1n) is 7.55. The molecular formula is C15H28N2O4. The van der Waals surface area contributed by atoms with E-state index in [1.807, 2.05) is 13.8 Å². The molecule has 0 radical (unpaired) electrons. The molecular weight excluding hydrogens is 272 g/mol. The largest absolute Gasteiger partial charge is 0.444 e. The summed E-state index contributed by atoms with van der Waals surface area (Å²) < 4.78 is 10.5. The third-order valence-electron chi connectivity index (χ3n) is 3.02. The Morgan fingerprint density at radius 2 is 1.81 bits per heavy atom. The Morgan fingerprint density at radius 1 is 1.24 bits per heavy atom. The van der Waals surface area contributed by atoms with Gasteiger partial charge in [0.15, 0.2) is 0 Å². The Bertz CT molecular complexity index is 357. The average Bonchev–Trinajstić information content (AvgIpc) is 2.35. The molecule has 0 aliphatic carbocycles. The van der Waals surface area contributed by atoms with E-state index in [1.54, 1.807) is 25.7 Å². The molecule has 0 spiro atoms. The van der Waals surface area contributed by atoms with Gasteiger partial charge in [0.1, 0.15) is 11.6 Å². The van der Waals surface area contributed by atoms with E-state index in [0.29, 0.717) is 38.6 Å². The first-order valence-corrected chi connectivity index (χ1v) is 7.55. The molecule has 0 aromatic rings. The molecule has 1 heterocycles.